The van der Waals surface area contributed by atoms with E-state index in [1.54, 1.807) is 25.1 Å². The van der Waals surface area contributed by atoms with E-state index in [4.69, 9.17) is 0 Å². The third-order valence-corrected chi connectivity index (χ3v) is 5.20. The normalized spacial score (nSPS) is 13.4. The van der Waals surface area contributed by atoms with Crippen LogP contribution in [0.15, 0.2) is 46.0 Å². The molecule has 1 aliphatic rings. The Hall–Kier alpha value is -3.15. The Kier molecular flexibility index (Phi) is 4.39. The molecule has 6 heteroatoms. The van der Waals surface area contributed by atoms with Crippen molar-refractivity contribution in [2.45, 2.75) is 39.2 Å². The van der Waals surface area contributed by atoms with Gasteiger partial charge in [-0.1, -0.05) is 12.1 Å². The van der Waals surface area contributed by atoms with Crippen LogP contribution in [0.4, 0.5) is 5.69 Å². The zero-order valence-corrected chi connectivity index (χ0v) is 15.2. The zero-order chi connectivity index (χ0) is 19.0. The average Bonchev–Trinajstić information content (AvgIpc) is 2.69. The molecule has 0 atom stereocenters. The van der Waals surface area contributed by atoms with E-state index in [2.05, 4.69) is 16.4 Å². The van der Waals surface area contributed by atoms with Gasteiger partial charge in [-0.15, -0.1) is 0 Å². The molecule has 6 nitrogen and oxygen atoms in total. The van der Waals surface area contributed by atoms with Crippen molar-refractivity contribution < 1.29 is 4.79 Å². The fraction of sp³-hybridized carbons (Fsp3) is 0.286. The van der Waals surface area contributed by atoms with E-state index in [1.807, 2.05) is 12.1 Å². The number of aromatic nitrogens is 2. The van der Waals surface area contributed by atoms with Crippen molar-refractivity contribution in [1.29, 1.82) is 0 Å². The molecule has 1 amide bonds. The Labute approximate surface area is 155 Å². The van der Waals surface area contributed by atoms with Gasteiger partial charge in [-0.25, -0.2) is 0 Å². The summed E-state index contributed by atoms with van der Waals surface area (Å²) in [6.07, 6.45) is 4.33. The number of anilines is 1. The molecule has 1 aromatic heterocycles. The second-order valence-corrected chi connectivity index (χ2v) is 6.84. The van der Waals surface area contributed by atoms with E-state index in [9.17, 15) is 14.4 Å². The Morgan fingerprint density at radius 2 is 1.96 bits per heavy atom. The van der Waals surface area contributed by atoms with Gasteiger partial charge in [0, 0.05) is 17.8 Å². The molecule has 0 fully saturated rings. The summed E-state index contributed by atoms with van der Waals surface area (Å²) in [5.41, 5.74) is 3.62. The molecule has 1 heterocycles. The van der Waals surface area contributed by atoms with Crippen LogP contribution in [0.3, 0.4) is 0 Å². The molecule has 0 saturated carbocycles. The molecule has 3 aromatic rings. The first-order valence-corrected chi connectivity index (χ1v) is 9.27. The van der Waals surface area contributed by atoms with E-state index < -0.39 is 11.1 Å². The fourth-order valence-electron chi connectivity index (χ4n) is 3.83. The second kappa shape index (κ2) is 6.87. The minimum Gasteiger partial charge on any atom is -0.322 e. The Balaban J connectivity index is 1.71. The standard InChI is InChI=1S/C21H21N3O3/c1-2-24-18-11-10-14(12-17(18)23-20(26)21(24)27)19(25)22-16-9-5-7-13-6-3-4-8-15(13)16/h5,7,9-12H,2-4,6,8H2,1H3,(H,22,25)(H,23,26). The molecule has 0 unspecified atom stereocenters. The lowest BCUT2D eigenvalue weighted by molar-refractivity contribution is 0.102. The number of aryl methyl sites for hydroxylation is 2. The monoisotopic (exact) mass is 363 g/mol. The molecule has 2 N–H and O–H groups in total. The number of amides is 1. The largest absolute Gasteiger partial charge is 0.322 e. The molecule has 27 heavy (non-hydrogen) atoms. The molecule has 138 valence electrons. The molecule has 2 aromatic carbocycles. The van der Waals surface area contributed by atoms with Crippen LogP contribution in [-0.4, -0.2) is 15.5 Å². The van der Waals surface area contributed by atoms with E-state index in [1.165, 1.54) is 22.1 Å². The highest BCUT2D eigenvalue weighted by molar-refractivity contribution is 6.06. The van der Waals surface area contributed by atoms with Gasteiger partial charge in [-0.05, 0) is 68.0 Å². The van der Waals surface area contributed by atoms with Gasteiger partial charge >= 0.3 is 11.1 Å². The van der Waals surface area contributed by atoms with Crippen molar-refractivity contribution in [3.05, 3.63) is 73.8 Å². The van der Waals surface area contributed by atoms with Crippen molar-refractivity contribution >= 4 is 22.6 Å². The summed E-state index contributed by atoms with van der Waals surface area (Å²) in [4.78, 5) is 39.2. The minimum absolute atomic E-state index is 0.231. The molecular formula is C21H21N3O3. The number of aromatic amines is 1. The van der Waals surface area contributed by atoms with E-state index in [0.29, 0.717) is 23.1 Å². The van der Waals surface area contributed by atoms with Gasteiger partial charge < -0.3 is 14.9 Å². The smallest absolute Gasteiger partial charge is 0.316 e. The van der Waals surface area contributed by atoms with Crippen LogP contribution in [0, 0.1) is 0 Å². The zero-order valence-electron chi connectivity index (χ0n) is 15.2. The predicted octanol–water partition coefficient (Wildman–Crippen LogP) is 2.84. The first-order valence-electron chi connectivity index (χ1n) is 9.27. The Morgan fingerprint density at radius 3 is 2.78 bits per heavy atom. The number of fused-ring (bicyclic) bond motifs is 2. The lowest BCUT2D eigenvalue weighted by atomic mass is 9.90. The van der Waals surface area contributed by atoms with Gasteiger partial charge in [0.15, 0.2) is 0 Å². The van der Waals surface area contributed by atoms with Gasteiger partial charge in [0.1, 0.15) is 0 Å². The van der Waals surface area contributed by atoms with Crippen LogP contribution in [0.25, 0.3) is 11.0 Å². The molecule has 4 rings (SSSR count). The molecule has 0 saturated heterocycles. The highest BCUT2D eigenvalue weighted by Gasteiger charge is 2.16. The third kappa shape index (κ3) is 3.07. The maximum atomic E-state index is 12.8. The van der Waals surface area contributed by atoms with E-state index in [-0.39, 0.29) is 5.91 Å². The number of rotatable bonds is 3. The summed E-state index contributed by atoms with van der Waals surface area (Å²) < 4.78 is 1.41. The lowest BCUT2D eigenvalue weighted by Gasteiger charge is -2.19. The number of H-pyrrole nitrogens is 1. The number of hydrogen-bond acceptors (Lipinski definition) is 3. The first kappa shape index (κ1) is 17.3. The highest BCUT2D eigenvalue weighted by Crippen LogP contribution is 2.28. The maximum Gasteiger partial charge on any atom is 0.316 e. The Bertz CT molecular complexity index is 1160. The van der Waals surface area contributed by atoms with Crippen LogP contribution in [0.1, 0.15) is 41.3 Å². The summed E-state index contributed by atoms with van der Waals surface area (Å²) >= 11 is 0. The number of nitrogens with zero attached hydrogens (tertiary/aromatic N) is 1. The fourth-order valence-corrected chi connectivity index (χ4v) is 3.83. The third-order valence-electron chi connectivity index (χ3n) is 5.20. The molecule has 0 bridgehead atoms. The van der Waals surface area contributed by atoms with Crippen molar-refractivity contribution in [3.63, 3.8) is 0 Å². The van der Waals surface area contributed by atoms with E-state index >= 15 is 0 Å². The van der Waals surface area contributed by atoms with Crippen molar-refractivity contribution in [2.24, 2.45) is 0 Å². The average molecular weight is 363 g/mol. The SMILES string of the molecule is CCn1c(=O)c(=O)[nH]c2cc(C(=O)Nc3cccc4c3CCCC4)ccc21. The summed E-state index contributed by atoms with van der Waals surface area (Å²) in [7, 11) is 0. The number of nitrogens with one attached hydrogen (secondary N) is 2. The molecular weight excluding hydrogens is 342 g/mol. The Morgan fingerprint density at radius 1 is 1.15 bits per heavy atom. The van der Waals surface area contributed by atoms with Crippen LogP contribution >= 0.6 is 0 Å². The van der Waals surface area contributed by atoms with Crippen LogP contribution in [0.2, 0.25) is 0 Å². The van der Waals surface area contributed by atoms with Gasteiger partial charge in [0.05, 0.1) is 11.0 Å². The molecule has 0 radical (unpaired) electrons. The summed E-state index contributed by atoms with van der Waals surface area (Å²) in [5, 5.41) is 3.01. The minimum atomic E-state index is -0.681. The highest BCUT2D eigenvalue weighted by atomic mass is 16.2. The molecule has 1 aliphatic carbocycles. The van der Waals surface area contributed by atoms with Crippen LogP contribution in [-0.2, 0) is 19.4 Å². The number of benzene rings is 2. The quantitative estimate of drug-likeness (QED) is 0.702. The van der Waals surface area contributed by atoms with Gasteiger partial charge in [0.25, 0.3) is 5.91 Å². The second-order valence-electron chi connectivity index (χ2n) is 6.84. The number of hydrogen-bond donors (Lipinski definition) is 2. The summed E-state index contributed by atoms with van der Waals surface area (Å²) in [6.45, 7) is 2.19. The first-order chi connectivity index (χ1) is 13.1. The maximum absolute atomic E-state index is 12.8. The summed E-state index contributed by atoms with van der Waals surface area (Å²) in [5.74, 6) is -0.231. The number of carbonyl (C=O) groups is 1. The summed E-state index contributed by atoms with van der Waals surface area (Å²) in [6, 6.07) is 11.0. The van der Waals surface area contributed by atoms with Gasteiger partial charge in [0.2, 0.25) is 0 Å². The van der Waals surface area contributed by atoms with Crippen LogP contribution < -0.4 is 16.4 Å². The topological polar surface area (TPSA) is 84.0 Å². The van der Waals surface area contributed by atoms with E-state index in [0.717, 1.165) is 24.9 Å². The van der Waals surface area contributed by atoms with Gasteiger partial charge in [-0.3, -0.25) is 14.4 Å². The number of carbonyl (C=O) groups excluding carboxylic acids is 1. The van der Waals surface area contributed by atoms with Crippen molar-refractivity contribution in [2.75, 3.05) is 5.32 Å². The van der Waals surface area contributed by atoms with Crippen molar-refractivity contribution in [1.82, 2.24) is 9.55 Å². The lowest BCUT2D eigenvalue weighted by Crippen LogP contribution is -2.36. The van der Waals surface area contributed by atoms with Crippen molar-refractivity contribution in [3.8, 4) is 0 Å². The predicted molar refractivity (Wildman–Crippen MR) is 106 cm³/mol. The molecule has 0 aliphatic heterocycles. The van der Waals surface area contributed by atoms with Crippen LogP contribution in [0.5, 0.6) is 0 Å². The van der Waals surface area contributed by atoms with Gasteiger partial charge in [-0.2, -0.15) is 0 Å². The molecule has 0 spiro atoms.